The molecule has 0 saturated heterocycles. The minimum absolute atomic E-state index is 1.09. The van der Waals surface area contributed by atoms with Crippen LogP contribution in [0.4, 0.5) is 17.1 Å². The molecule has 62 heavy (non-hydrogen) atoms. The van der Waals surface area contributed by atoms with E-state index in [9.17, 15) is 0 Å². The molecule has 2 heteroatoms. The normalized spacial score (nSPS) is 11.5. The third-order valence-corrected chi connectivity index (χ3v) is 12.6. The lowest BCUT2D eigenvalue weighted by Gasteiger charge is -2.26. The van der Waals surface area contributed by atoms with Crippen LogP contribution in [-0.4, -0.2) is 4.57 Å². The van der Waals surface area contributed by atoms with E-state index >= 15 is 0 Å². The van der Waals surface area contributed by atoms with Gasteiger partial charge in [0.05, 0.1) is 11.0 Å². The van der Waals surface area contributed by atoms with E-state index in [1.165, 1.54) is 81.9 Å². The first kappa shape index (κ1) is 35.7. The third kappa shape index (κ3) is 5.96. The fourth-order valence-electron chi connectivity index (χ4n) is 9.71. The van der Waals surface area contributed by atoms with Gasteiger partial charge in [0, 0.05) is 38.9 Å². The van der Waals surface area contributed by atoms with Gasteiger partial charge in [0.15, 0.2) is 0 Å². The van der Waals surface area contributed by atoms with Crippen LogP contribution in [0.25, 0.3) is 93.2 Å². The van der Waals surface area contributed by atoms with Crippen molar-refractivity contribution in [3.63, 3.8) is 0 Å². The largest absolute Gasteiger partial charge is 0.310 e. The SMILES string of the molecule is c1ccc(-n2c3cccc(-c4cccc(N(c5ccc(-c6cccc7ccccc67)cc5)c5ccc(-c6cccc7ccccc67)cc5)c4)c3c3ccc4ccccc4c32)cc1. The summed E-state index contributed by atoms with van der Waals surface area (Å²) in [5.41, 5.74) is 14.1. The number of hydrogen-bond acceptors (Lipinski definition) is 1. The van der Waals surface area contributed by atoms with Crippen LogP contribution in [0, 0.1) is 0 Å². The van der Waals surface area contributed by atoms with Crippen LogP contribution in [0.1, 0.15) is 0 Å². The zero-order valence-corrected chi connectivity index (χ0v) is 34.0. The molecule has 0 unspecified atom stereocenters. The number of fused-ring (bicyclic) bond motifs is 7. The summed E-state index contributed by atoms with van der Waals surface area (Å²) in [5.74, 6) is 0. The molecule has 0 bridgehead atoms. The Labute approximate surface area is 360 Å². The molecule has 0 fully saturated rings. The molecule has 2 nitrogen and oxygen atoms in total. The van der Waals surface area contributed by atoms with Crippen LogP contribution in [0.3, 0.4) is 0 Å². The zero-order valence-electron chi connectivity index (χ0n) is 34.0. The summed E-state index contributed by atoms with van der Waals surface area (Å²) in [4.78, 5) is 2.39. The van der Waals surface area contributed by atoms with Crippen LogP contribution >= 0.6 is 0 Å². The Hall–Kier alpha value is -8.20. The smallest absolute Gasteiger partial charge is 0.0619 e. The average Bonchev–Trinajstić information content (AvgIpc) is 3.70. The fraction of sp³-hybridized carbons (Fsp3) is 0. The Bertz CT molecular complexity index is 3480. The molecule has 0 N–H and O–H groups in total. The van der Waals surface area contributed by atoms with Crippen LogP contribution < -0.4 is 4.90 Å². The maximum Gasteiger partial charge on any atom is 0.0619 e. The van der Waals surface area contributed by atoms with Crippen LogP contribution in [0.2, 0.25) is 0 Å². The number of nitrogens with zero attached hydrogens (tertiary/aromatic N) is 2. The van der Waals surface area contributed by atoms with Crippen LogP contribution in [-0.2, 0) is 0 Å². The maximum atomic E-state index is 2.45. The molecule has 0 radical (unpaired) electrons. The lowest BCUT2D eigenvalue weighted by Crippen LogP contribution is -2.10. The number of anilines is 3. The Morgan fingerprint density at radius 3 is 1.42 bits per heavy atom. The molecule has 1 aromatic heterocycles. The molecular formula is C60H40N2. The van der Waals surface area contributed by atoms with Gasteiger partial charge in [-0.3, -0.25) is 0 Å². The van der Waals surface area contributed by atoms with Crippen molar-refractivity contribution in [3.05, 3.63) is 243 Å². The highest BCUT2D eigenvalue weighted by atomic mass is 15.1. The lowest BCUT2D eigenvalue weighted by atomic mass is 9.96. The number of hydrogen-bond donors (Lipinski definition) is 0. The molecule has 12 rings (SSSR count). The predicted molar refractivity (Wildman–Crippen MR) is 264 cm³/mol. The van der Waals surface area contributed by atoms with Crippen molar-refractivity contribution in [1.82, 2.24) is 4.57 Å². The van der Waals surface area contributed by atoms with E-state index in [4.69, 9.17) is 0 Å². The minimum atomic E-state index is 1.09. The van der Waals surface area contributed by atoms with Crippen LogP contribution in [0.15, 0.2) is 243 Å². The van der Waals surface area contributed by atoms with Crippen molar-refractivity contribution < 1.29 is 0 Å². The maximum absolute atomic E-state index is 2.45. The van der Waals surface area contributed by atoms with E-state index in [2.05, 4.69) is 252 Å². The second-order valence-electron chi connectivity index (χ2n) is 16.1. The molecule has 0 aliphatic carbocycles. The standard InChI is InChI=1S/C60H40N2/c1-2-20-47(21-3-1)62-58-29-13-28-55(59(58)57-39-34-43-16-6-9-25-56(43)60(57)62)46-19-10-22-50(40-46)61(48-35-30-44(31-36-48)53-26-11-17-41-14-4-7-23-51(41)53)49-37-32-45(33-38-49)54-27-12-18-42-15-5-8-24-52(42)54/h1-40H. The first-order valence-corrected chi connectivity index (χ1v) is 21.3. The van der Waals surface area contributed by atoms with Crippen molar-refractivity contribution >= 4 is 71.2 Å². The van der Waals surface area contributed by atoms with Crippen LogP contribution in [0.5, 0.6) is 0 Å². The summed E-state index contributed by atoms with van der Waals surface area (Å²) in [6.07, 6.45) is 0. The molecule has 0 aliphatic rings. The summed E-state index contributed by atoms with van der Waals surface area (Å²) >= 11 is 0. The monoisotopic (exact) mass is 788 g/mol. The van der Waals surface area contributed by atoms with Gasteiger partial charge in [-0.25, -0.2) is 0 Å². The topological polar surface area (TPSA) is 8.17 Å². The van der Waals surface area contributed by atoms with Gasteiger partial charge in [0.2, 0.25) is 0 Å². The highest BCUT2D eigenvalue weighted by molar-refractivity contribution is 6.22. The van der Waals surface area contributed by atoms with Gasteiger partial charge < -0.3 is 9.47 Å². The molecule has 0 amide bonds. The van der Waals surface area contributed by atoms with Gasteiger partial charge in [-0.05, 0) is 115 Å². The predicted octanol–water partition coefficient (Wildman–Crippen LogP) is 16.7. The molecule has 0 saturated carbocycles. The molecule has 0 atom stereocenters. The van der Waals surface area contributed by atoms with Gasteiger partial charge in [-0.2, -0.15) is 0 Å². The number of rotatable bonds is 7. The van der Waals surface area contributed by atoms with E-state index in [1.807, 2.05) is 0 Å². The highest BCUT2D eigenvalue weighted by Gasteiger charge is 2.20. The van der Waals surface area contributed by atoms with Gasteiger partial charge >= 0.3 is 0 Å². The Kier molecular flexibility index (Phi) is 8.53. The van der Waals surface area contributed by atoms with E-state index in [1.54, 1.807) is 0 Å². The van der Waals surface area contributed by atoms with Crippen molar-refractivity contribution in [1.29, 1.82) is 0 Å². The third-order valence-electron chi connectivity index (χ3n) is 12.6. The fourth-order valence-corrected chi connectivity index (χ4v) is 9.71. The van der Waals surface area contributed by atoms with Gasteiger partial charge in [0.25, 0.3) is 0 Å². The minimum Gasteiger partial charge on any atom is -0.310 e. The summed E-state index contributed by atoms with van der Waals surface area (Å²) < 4.78 is 2.45. The zero-order chi connectivity index (χ0) is 41.0. The van der Waals surface area contributed by atoms with E-state index in [0.29, 0.717) is 0 Å². The Morgan fingerprint density at radius 2 is 0.790 bits per heavy atom. The molecule has 0 aliphatic heterocycles. The highest BCUT2D eigenvalue weighted by Crippen LogP contribution is 2.44. The first-order valence-electron chi connectivity index (χ1n) is 21.3. The van der Waals surface area contributed by atoms with Crippen molar-refractivity contribution in [2.75, 3.05) is 4.90 Å². The van der Waals surface area contributed by atoms with Gasteiger partial charge in [-0.1, -0.05) is 188 Å². The van der Waals surface area contributed by atoms with Crippen molar-refractivity contribution in [2.24, 2.45) is 0 Å². The lowest BCUT2D eigenvalue weighted by molar-refractivity contribution is 1.19. The van der Waals surface area contributed by atoms with E-state index < -0.39 is 0 Å². The molecule has 1 heterocycles. The van der Waals surface area contributed by atoms with E-state index in [-0.39, 0.29) is 0 Å². The van der Waals surface area contributed by atoms with Gasteiger partial charge in [-0.15, -0.1) is 0 Å². The summed E-state index contributed by atoms with van der Waals surface area (Å²) in [6, 6.07) is 88.4. The summed E-state index contributed by atoms with van der Waals surface area (Å²) in [6.45, 7) is 0. The quantitative estimate of drug-likeness (QED) is 0.156. The molecule has 290 valence electrons. The number of aromatic nitrogens is 1. The second-order valence-corrected chi connectivity index (χ2v) is 16.1. The summed E-state index contributed by atoms with van der Waals surface area (Å²) in [5, 5.41) is 9.97. The van der Waals surface area contributed by atoms with Crippen molar-refractivity contribution in [2.45, 2.75) is 0 Å². The Morgan fingerprint density at radius 1 is 0.290 bits per heavy atom. The molecular weight excluding hydrogens is 749 g/mol. The number of para-hydroxylation sites is 1. The first-order chi connectivity index (χ1) is 30.8. The average molecular weight is 789 g/mol. The molecule has 0 spiro atoms. The second kappa shape index (κ2) is 14.8. The van der Waals surface area contributed by atoms with Gasteiger partial charge in [0.1, 0.15) is 0 Å². The molecule has 12 aromatic rings. The Balaban J connectivity index is 1.03. The number of benzene rings is 11. The van der Waals surface area contributed by atoms with Crippen molar-refractivity contribution in [3.8, 4) is 39.1 Å². The molecule has 11 aromatic carbocycles. The van der Waals surface area contributed by atoms with E-state index in [0.717, 1.165) is 28.3 Å². The summed E-state index contributed by atoms with van der Waals surface area (Å²) in [7, 11) is 0.